The zero-order chi connectivity index (χ0) is 15.6. The molecule has 0 amide bonds. The van der Waals surface area contributed by atoms with Crippen LogP contribution in [0, 0.1) is 0 Å². The minimum absolute atomic E-state index is 0.123. The monoisotopic (exact) mass is 330 g/mol. The molecule has 2 heterocycles. The van der Waals surface area contributed by atoms with Gasteiger partial charge in [-0.25, -0.2) is 4.98 Å². The quantitative estimate of drug-likeness (QED) is 0.632. The van der Waals surface area contributed by atoms with Gasteiger partial charge in [0.05, 0.1) is 17.0 Å². The maximum absolute atomic E-state index is 13.0. The zero-order valence-corrected chi connectivity index (χ0v) is 14.1. The van der Waals surface area contributed by atoms with E-state index in [2.05, 4.69) is 0 Å². The third-order valence-electron chi connectivity index (χ3n) is 4.89. The van der Waals surface area contributed by atoms with Crippen molar-refractivity contribution in [2.75, 3.05) is 12.4 Å². The molecule has 1 saturated carbocycles. The molecule has 2 aromatic rings. The molecule has 0 N–H and O–H groups in total. The van der Waals surface area contributed by atoms with Gasteiger partial charge < -0.3 is 4.74 Å². The average molecular weight is 330 g/mol. The summed E-state index contributed by atoms with van der Waals surface area (Å²) >= 11 is 1.69. The third-order valence-corrected chi connectivity index (χ3v) is 5.97. The second kappa shape index (κ2) is 6.65. The van der Waals surface area contributed by atoms with Crippen molar-refractivity contribution < 1.29 is 4.74 Å². The fraction of sp³-hybridized carbons (Fsp3) is 0.556. The Balaban J connectivity index is 1.73. The van der Waals surface area contributed by atoms with Crippen LogP contribution < -0.4 is 5.56 Å². The molecule has 1 aliphatic heterocycles. The first-order chi connectivity index (χ1) is 11.3. The van der Waals surface area contributed by atoms with Gasteiger partial charge in [-0.2, -0.15) is 0 Å². The zero-order valence-electron chi connectivity index (χ0n) is 13.2. The van der Waals surface area contributed by atoms with Crippen molar-refractivity contribution in [2.45, 2.75) is 55.8 Å². The first kappa shape index (κ1) is 15.2. The van der Waals surface area contributed by atoms with E-state index in [0.717, 1.165) is 54.1 Å². The lowest BCUT2D eigenvalue weighted by molar-refractivity contribution is 0.129. The number of rotatable bonds is 4. The Morgan fingerprint density at radius 1 is 1.17 bits per heavy atom. The van der Waals surface area contributed by atoms with Gasteiger partial charge in [0.25, 0.3) is 5.56 Å². The highest BCUT2D eigenvalue weighted by Crippen LogP contribution is 2.32. The largest absolute Gasteiger partial charge is 0.377 e. The number of fused-ring (bicyclic) bond motifs is 1. The predicted octanol–water partition coefficient (Wildman–Crippen LogP) is 3.78. The molecular formula is C18H22N2O2S. The van der Waals surface area contributed by atoms with Gasteiger partial charge in [-0.1, -0.05) is 36.7 Å². The van der Waals surface area contributed by atoms with Gasteiger partial charge in [0.2, 0.25) is 0 Å². The Kier molecular flexibility index (Phi) is 4.40. The van der Waals surface area contributed by atoms with Crippen LogP contribution in [0.2, 0.25) is 0 Å². The highest BCUT2D eigenvalue weighted by molar-refractivity contribution is 7.99. The predicted molar refractivity (Wildman–Crippen MR) is 93.2 cm³/mol. The molecule has 2 aliphatic rings. The van der Waals surface area contributed by atoms with Crippen LogP contribution in [0.25, 0.3) is 10.9 Å². The van der Waals surface area contributed by atoms with Gasteiger partial charge >= 0.3 is 0 Å². The fourth-order valence-electron chi connectivity index (χ4n) is 3.66. The first-order valence-corrected chi connectivity index (χ1v) is 9.57. The van der Waals surface area contributed by atoms with E-state index in [4.69, 9.17) is 9.72 Å². The summed E-state index contributed by atoms with van der Waals surface area (Å²) in [7, 11) is 0. The van der Waals surface area contributed by atoms with Gasteiger partial charge in [0.15, 0.2) is 5.16 Å². The molecule has 0 bridgehead atoms. The van der Waals surface area contributed by atoms with Gasteiger partial charge in [-0.3, -0.25) is 9.36 Å². The van der Waals surface area contributed by atoms with Crippen LogP contribution in [0.1, 0.15) is 44.6 Å². The van der Waals surface area contributed by atoms with Crippen LogP contribution in [-0.4, -0.2) is 28.0 Å². The van der Waals surface area contributed by atoms with Crippen molar-refractivity contribution in [1.29, 1.82) is 0 Å². The Morgan fingerprint density at radius 3 is 2.78 bits per heavy atom. The van der Waals surface area contributed by atoms with E-state index in [1.165, 1.54) is 12.8 Å². The first-order valence-electron chi connectivity index (χ1n) is 8.58. The highest BCUT2D eigenvalue weighted by atomic mass is 32.2. The molecule has 2 fully saturated rings. The number of para-hydroxylation sites is 1. The topological polar surface area (TPSA) is 44.1 Å². The molecule has 1 aliphatic carbocycles. The van der Waals surface area contributed by atoms with Crippen molar-refractivity contribution in [3.05, 3.63) is 34.6 Å². The number of aromatic nitrogens is 2. The maximum atomic E-state index is 13.0. The summed E-state index contributed by atoms with van der Waals surface area (Å²) in [5.74, 6) is 0.886. The van der Waals surface area contributed by atoms with Crippen molar-refractivity contribution in [1.82, 2.24) is 9.55 Å². The summed E-state index contributed by atoms with van der Waals surface area (Å²) in [4.78, 5) is 17.8. The lowest BCUT2D eigenvalue weighted by Crippen LogP contribution is -2.27. The Labute approximate surface area is 140 Å². The summed E-state index contributed by atoms with van der Waals surface area (Å²) in [6.45, 7) is 0.867. The maximum Gasteiger partial charge on any atom is 0.262 e. The minimum atomic E-state index is 0.123. The second-order valence-corrected chi connectivity index (χ2v) is 7.46. The number of benzene rings is 1. The van der Waals surface area contributed by atoms with E-state index in [1.54, 1.807) is 11.8 Å². The molecule has 23 heavy (non-hydrogen) atoms. The Bertz CT molecular complexity index is 746. The van der Waals surface area contributed by atoms with Crippen LogP contribution in [0.3, 0.4) is 0 Å². The fourth-order valence-corrected chi connectivity index (χ4v) is 4.79. The summed E-state index contributed by atoms with van der Waals surface area (Å²) in [5, 5.41) is 1.61. The average Bonchev–Trinajstić information content (AvgIpc) is 3.27. The van der Waals surface area contributed by atoms with Crippen molar-refractivity contribution in [3.8, 4) is 0 Å². The number of hydrogen-bond acceptors (Lipinski definition) is 4. The van der Waals surface area contributed by atoms with Crippen molar-refractivity contribution >= 4 is 22.7 Å². The minimum Gasteiger partial charge on any atom is -0.377 e. The Hall–Kier alpha value is -1.33. The molecular weight excluding hydrogens is 308 g/mol. The van der Waals surface area contributed by atoms with Crippen LogP contribution in [-0.2, 0) is 4.74 Å². The molecule has 1 atom stereocenters. The van der Waals surface area contributed by atoms with Crippen LogP contribution in [0.4, 0.5) is 0 Å². The molecule has 0 unspecified atom stereocenters. The number of nitrogens with zero attached hydrogens (tertiary/aromatic N) is 2. The number of thioether (sulfide) groups is 1. The second-order valence-electron chi connectivity index (χ2n) is 6.47. The molecule has 0 spiro atoms. The van der Waals surface area contributed by atoms with Gasteiger partial charge in [-0.05, 0) is 37.8 Å². The van der Waals surface area contributed by atoms with E-state index in [9.17, 15) is 4.79 Å². The van der Waals surface area contributed by atoms with Gasteiger partial charge in [0, 0.05) is 18.4 Å². The van der Waals surface area contributed by atoms with Crippen LogP contribution in [0.5, 0.6) is 0 Å². The standard InChI is InChI=1S/C18H22N2O2S/c21-17-15-9-3-4-10-16(15)19-18(20(17)13-6-1-2-7-13)23-12-14-8-5-11-22-14/h3-4,9-10,13-14H,1-2,5-8,11-12H2/t14-/m1/s1. The van der Waals surface area contributed by atoms with Crippen LogP contribution >= 0.6 is 11.8 Å². The van der Waals surface area contributed by atoms with E-state index < -0.39 is 0 Å². The molecule has 4 nitrogen and oxygen atoms in total. The van der Waals surface area contributed by atoms with Gasteiger partial charge in [-0.15, -0.1) is 0 Å². The Morgan fingerprint density at radius 2 is 2.00 bits per heavy atom. The molecule has 1 aromatic heterocycles. The van der Waals surface area contributed by atoms with Crippen molar-refractivity contribution in [3.63, 3.8) is 0 Å². The molecule has 1 saturated heterocycles. The molecule has 4 rings (SSSR count). The number of hydrogen-bond donors (Lipinski definition) is 0. The van der Waals surface area contributed by atoms with E-state index in [-0.39, 0.29) is 5.56 Å². The lowest BCUT2D eigenvalue weighted by Gasteiger charge is -2.19. The van der Waals surface area contributed by atoms with E-state index in [0.29, 0.717) is 12.1 Å². The summed E-state index contributed by atoms with van der Waals surface area (Å²) in [6.07, 6.45) is 7.17. The van der Waals surface area contributed by atoms with Crippen LogP contribution in [0.15, 0.2) is 34.2 Å². The SMILES string of the molecule is O=c1c2ccccc2nc(SC[C@H]2CCCO2)n1C1CCCC1. The highest BCUT2D eigenvalue weighted by Gasteiger charge is 2.24. The number of ether oxygens (including phenoxy) is 1. The summed E-state index contributed by atoms with van der Waals surface area (Å²) in [5.41, 5.74) is 0.930. The molecule has 0 radical (unpaired) electrons. The van der Waals surface area contributed by atoms with Crippen molar-refractivity contribution in [2.24, 2.45) is 0 Å². The third kappa shape index (κ3) is 3.04. The lowest BCUT2D eigenvalue weighted by atomic mass is 10.2. The molecule has 5 heteroatoms. The van der Waals surface area contributed by atoms with E-state index in [1.807, 2.05) is 28.8 Å². The normalized spacial score (nSPS) is 22.2. The smallest absolute Gasteiger partial charge is 0.262 e. The summed E-state index contributed by atoms with van der Waals surface area (Å²) < 4.78 is 7.69. The summed E-state index contributed by atoms with van der Waals surface area (Å²) in [6, 6.07) is 8.01. The molecule has 122 valence electrons. The van der Waals surface area contributed by atoms with Gasteiger partial charge in [0.1, 0.15) is 0 Å². The van der Waals surface area contributed by atoms with E-state index >= 15 is 0 Å². The molecule has 1 aromatic carbocycles.